The van der Waals surface area contributed by atoms with Crippen molar-refractivity contribution in [3.8, 4) is 0 Å². The molecular formula is C11H13ClN2OS. The Morgan fingerprint density at radius 3 is 2.81 bits per heavy atom. The van der Waals surface area contributed by atoms with Gasteiger partial charge in [0.1, 0.15) is 4.99 Å². The van der Waals surface area contributed by atoms with Gasteiger partial charge in [-0.2, -0.15) is 0 Å². The summed E-state index contributed by atoms with van der Waals surface area (Å²) in [7, 11) is 0. The van der Waals surface area contributed by atoms with Crippen LogP contribution in [0.1, 0.15) is 25.3 Å². The number of hydrogen-bond donors (Lipinski definition) is 2. The van der Waals surface area contributed by atoms with Gasteiger partial charge in [-0.3, -0.25) is 4.79 Å². The van der Waals surface area contributed by atoms with Gasteiger partial charge in [0.2, 0.25) is 5.91 Å². The van der Waals surface area contributed by atoms with E-state index in [2.05, 4.69) is 5.32 Å². The molecule has 0 fully saturated rings. The van der Waals surface area contributed by atoms with E-state index in [1.807, 2.05) is 6.92 Å². The van der Waals surface area contributed by atoms with Gasteiger partial charge in [0.15, 0.2) is 0 Å². The third-order valence-corrected chi connectivity index (χ3v) is 2.57. The monoisotopic (exact) mass is 256 g/mol. The highest BCUT2D eigenvalue weighted by Crippen LogP contribution is 2.23. The van der Waals surface area contributed by atoms with E-state index in [0.29, 0.717) is 22.7 Å². The summed E-state index contributed by atoms with van der Waals surface area (Å²) in [6, 6.07) is 5.07. The fraction of sp³-hybridized carbons (Fsp3) is 0.273. The molecular weight excluding hydrogens is 244 g/mol. The number of carbonyl (C=O) groups is 1. The lowest BCUT2D eigenvalue weighted by atomic mass is 10.2. The average Bonchev–Trinajstić information content (AvgIpc) is 2.21. The first-order valence-corrected chi connectivity index (χ1v) is 5.72. The van der Waals surface area contributed by atoms with Crippen LogP contribution >= 0.6 is 23.8 Å². The Bertz CT molecular complexity index is 420. The Morgan fingerprint density at radius 2 is 2.25 bits per heavy atom. The predicted molar refractivity (Wildman–Crippen MR) is 70.9 cm³/mol. The summed E-state index contributed by atoms with van der Waals surface area (Å²) in [5.41, 5.74) is 6.73. The van der Waals surface area contributed by atoms with Crippen molar-refractivity contribution in [2.45, 2.75) is 19.8 Å². The van der Waals surface area contributed by atoms with Crippen LogP contribution in [-0.4, -0.2) is 10.9 Å². The number of rotatable bonds is 4. The minimum absolute atomic E-state index is 0.0653. The summed E-state index contributed by atoms with van der Waals surface area (Å²) in [6.07, 6.45) is 1.26. The number of hydrogen-bond acceptors (Lipinski definition) is 2. The van der Waals surface area contributed by atoms with Gasteiger partial charge in [0, 0.05) is 12.0 Å². The Morgan fingerprint density at radius 1 is 1.56 bits per heavy atom. The van der Waals surface area contributed by atoms with E-state index in [1.165, 1.54) is 0 Å². The van der Waals surface area contributed by atoms with Gasteiger partial charge in [-0.25, -0.2) is 0 Å². The molecule has 16 heavy (non-hydrogen) atoms. The number of carbonyl (C=O) groups excluding carboxylic acids is 1. The highest BCUT2D eigenvalue weighted by Gasteiger charge is 2.07. The fourth-order valence-electron chi connectivity index (χ4n) is 1.21. The molecule has 0 aliphatic rings. The van der Waals surface area contributed by atoms with Gasteiger partial charge in [-0.1, -0.05) is 36.8 Å². The van der Waals surface area contributed by atoms with E-state index in [4.69, 9.17) is 29.6 Å². The van der Waals surface area contributed by atoms with Crippen LogP contribution in [0.3, 0.4) is 0 Å². The Balaban J connectivity index is 2.90. The third kappa shape index (κ3) is 3.47. The molecule has 0 aliphatic heterocycles. The number of amides is 1. The molecule has 0 aromatic heterocycles. The van der Waals surface area contributed by atoms with Crippen LogP contribution in [0.4, 0.5) is 5.69 Å². The SMILES string of the molecule is CCCC(=O)Nc1cc(C(N)=S)ccc1Cl. The van der Waals surface area contributed by atoms with E-state index >= 15 is 0 Å². The first-order valence-electron chi connectivity index (χ1n) is 4.93. The first kappa shape index (κ1) is 12.9. The van der Waals surface area contributed by atoms with Crippen molar-refractivity contribution in [2.75, 3.05) is 5.32 Å². The van der Waals surface area contributed by atoms with Crippen molar-refractivity contribution in [2.24, 2.45) is 5.73 Å². The molecule has 1 rings (SSSR count). The molecule has 86 valence electrons. The topological polar surface area (TPSA) is 55.1 Å². The maximum atomic E-state index is 11.4. The lowest BCUT2D eigenvalue weighted by Gasteiger charge is -2.08. The Labute approximate surface area is 105 Å². The van der Waals surface area contributed by atoms with Gasteiger partial charge in [-0.05, 0) is 18.6 Å². The quantitative estimate of drug-likeness (QED) is 0.815. The standard InChI is InChI=1S/C11H13ClN2OS/c1-2-3-10(15)14-9-6-7(11(13)16)4-5-8(9)12/h4-6H,2-3H2,1H3,(H2,13,16)(H,14,15). The number of benzene rings is 1. The molecule has 0 bridgehead atoms. The second-order valence-corrected chi connectivity index (χ2v) is 4.20. The minimum Gasteiger partial charge on any atom is -0.389 e. The second kappa shape index (κ2) is 5.82. The number of nitrogens with one attached hydrogen (secondary N) is 1. The smallest absolute Gasteiger partial charge is 0.224 e. The van der Waals surface area contributed by atoms with Gasteiger partial charge in [0.25, 0.3) is 0 Å². The molecule has 0 saturated heterocycles. The average molecular weight is 257 g/mol. The summed E-state index contributed by atoms with van der Waals surface area (Å²) in [5, 5.41) is 3.20. The zero-order valence-corrected chi connectivity index (χ0v) is 10.5. The molecule has 0 spiro atoms. The molecule has 0 atom stereocenters. The zero-order chi connectivity index (χ0) is 12.1. The van der Waals surface area contributed by atoms with Crippen molar-refractivity contribution in [1.82, 2.24) is 0 Å². The minimum atomic E-state index is -0.0653. The highest BCUT2D eigenvalue weighted by molar-refractivity contribution is 7.80. The van der Waals surface area contributed by atoms with E-state index in [0.717, 1.165) is 6.42 Å². The van der Waals surface area contributed by atoms with Gasteiger partial charge in [0.05, 0.1) is 10.7 Å². The molecule has 0 saturated carbocycles. The maximum Gasteiger partial charge on any atom is 0.224 e. The normalized spacial score (nSPS) is 9.88. The molecule has 0 unspecified atom stereocenters. The summed E-state index contributed by atoms with van der Waals surface area (Å²) in [4.78, 5) is 11.7. The van der Waals surface area contributed by atoms with Gasteiger partial charge >= 0.3 is 0 Å². The van der Waals surface area contributed by atoms with E-state index in [1.54, 1.807) is 18.2 Å². The Kier molecular flexibility index (Phi) is 4.71. The number of nitrogens with two attached hydrogens (primary N) is 1. The highest BCUT2D eigenvalue weighted by atomic mass is 35.5. The van der Waals surface area contributed by atoms with Crippen molar-refractivity contribution in [3.05, 3.63) is 28.8 Å². The Hall–Kier alpha value is -1.13. The largest absolute Gasteiger partial charge is 0.389 e. The maximum absolute atomic E-state index is 11.4. The van der Waals surface area contributed by atoms with Crippen LogP contribution in [0.25, 0.3) is 0 Å². The van der Waals surface area contributed by atoms with Gasteiger partial charge in [-0.15, -0.1) is 0 Å². The third-order valence-electron chi connectivity index (χ3n) is 2.00. The van der Waals surface area contributed by atoms with Crippen LogP contribution in [-0.2, 0) is 4.79 Å². The second-order valence-electron chi connectivity index (χ2n) is 3.36. The van der Waals surface area contributed by atoms with Crippen LogP contribution in [0.15, 0.2) is 18.2 Å². The molecule has 3 N–H and O–H groups in total. The summed E-state index contributed by atoms with van der Waals surface area (Å²) in [6.45, 7) is 1.94. The molecule has 1 aromatic carbocycles. The lowest BCUT2D eigenvalue weighted by molar-refractivity contribution is -0.116. The fourth-order valence-corrected chi connectivity index (χ4v) is 1.51. The number of halogens is 1. The van der Waals surface area contributed by atoms with E-state index in [9.17, 15) is 4.79 Å². The number of anilines is 1. The summed E-state index contributed by atoms with van der Waals surface area (Å²) in [5.74, 6) is -0.0653. The molecule has 3 nitrogen and oxygen atoms in total. The molecule has 5 heteroatoms. The van der Waals surface area contributed by atoms with E-state index in [-0.39, 0.29) is 10.9 Å². The molecule has 1 aromatic rings. The molecule has 1 amide bonds. The molecule has 0 aliphatic carbocycles. The lowest BCUT2D eigenvalue weighted by Crippen LogP contribution is -2.13. The van der Waals surface area contributed by atoms with Gasteiger partial charge < -0.3 is 11.1 Å². The van der Waals surface area contributed by atoms with Crippen LogP contribution in [0, 0.1) is 0 Å². The molecule has 0 heterocycles. The van der Waals surface area contributed by atoms with Crippen LogP contribution < -0.4 is 11.1 Å². The zero-order valence-electron chi connectivity index (χ0n) is 8.92. The summed E-state index contributed by atoms with van der Waals surface area (Å²) < 4.78 is 0. The van der Waals surface area contributed by atoms with Crippen molar-refractivity contribution in [1.29, 1.82) is 0 Å². The predicted octanol–water partition coefficient (Wildman–Crippen LogP) is 2.71. The van der Waals surface area contributed by atoms with E-state index < -0.39 is 0 Å². The molecule has 0 radical (unpaired) electrons. The summed E-state index contributed by atoms with van der Waals surface area (Å²) >= 11 is 10.8. The number of thiocarbonyl (C=S) groups is 1. The van der Waals surface area contributed by atoms with Crippen LogP contribution in [0.5, 0.6) is 0 Å². The van der Waals surface area contributed by atoms with Crippen LogP contribution in [0.2, 0.25) is 5.02 Å². The van der Waals surface area contributed by atoms with Crippen molar-refractivity contribution in [3.63, 3.8) is 0 Å². The van der Waals surface area contributed by atoms with Crippen molar-refractivity contribution >= 4 is 40.4 Å². The van der Waals surface area contributed by atoms with Crippen molar-refractivity contribution < 1.29 is 4.79 Å². The first-order chi connectivity index (χ1) is 7.54.